The van der Waals surface area contributed by atoms with Gasteiger partial charge in [0.15, 0.2) is 0 Å². The van der Waals surface area contributed by atoms with Crippen molar-refractivity contribution >= 4 is 71.6 Å². The largest absolute Gasteiger partial charge is 0.456 e. The van der Waals surface area contributed by atoms with Gasteiger partial charge in [-0.3, -0.25) is 0 Å². The number of fused-ring (bicyclic) bond motifs is 7. The minimum absolute atomic E-state index is 0.878. The zero-order chi connectivity index (χ0) is 44.3. The van der Waals surface area contributed by atoms with E-state index < -0.39 is 0 Å². The summed E-state index contributed by atoms with van der Waals surface area (Å²) in [6, 6.07) is 91.9. The van der Waals surface area contributed by atoms with Crippen LogP contribution in [-0.2, 0) is 0 Å². The molecule has 3 heteroatoms. The summed E-state index contributed by atoms with van der Waals surface area (Å²) in [5.74, 6) is 0. The number of hydrogen-bond donors (Lipinski definition) is 0. The fraction of sp³-hybridized carbons (Fsp3) is 0. The number of nitrogens with zero attached hydrogens (tertiary/aromatic N) is 2. The lowest BCUT2D eigenvalue weighted by Crippen LogP contribution is -2.12. The Morgan fingerprint density at radius 3 is 1.58 bits per heavy atom. The maximum Gasteiger partial charge on any atom is 0.136 e. The number of para-hydroxylation sites is 5. The molecule has 0 aliphatic heterocycles. The van der Waals surface area contributed by atoms with E-state index in [1.807, 2.05) is 6.07 Å². The van der Waals surface area contributed by atoms with Gasteiger partial charge in [0.2, 0.25) is 0 Å². The third-order valence-corrected chi connectivity index (χ3v) is 13.4. The lowest BCUT2D eigenvalue weighted by molar-refractivity contribution is 0.669. The van der Waals surface area contributed by atoms with Gasteiger partial charge in [-0.25, -0.2) is 0 Å². The van der Waals surface area contributed by atoms with Gasteiger partial charge < -0.3 is 13.9 Å². The van der Waals surface area contributed by atoms with Gasteiger partial charge in [0.05, 0.1) is 22.4 Å². The van der Waals surface area contributed by atoms with E-state index in [1.165, 1.54) is 43.7 Å². The van der Waals surface area contributed by atoms with Crippen molar-refractivity contribution in [1.29, 1.82) is 0 Å². The lowest BCUT2D eigenvalue weighted by atomic mass is 9.95. The zero-order valence-corrected chi connectivity index (χ0v) is 36.6. The van der Waals surface area contributed by atoms with E-state index in [2.05, 4.69) is 258 Å². The Morgan fingerprint density at radius 1 is 0.313 bits per heavy atom. The molecule has 0 bridgehead atoms. The highest BCUT2D eigenvalue weighted by Gasteiger charge is 2.23. The van der Waals surface area contributed by atoms with Crippen LogP contribution in [0.15, 0.2) is 259 Å². The molecule has 0 radical (unpaired) electrons. The van der Waals surface area contributed by atoms with E-state index in [-0.39, 0.29) is 0 Å². The number of aromatic nitrogens is 1. The van der Waals surface area contributed by atoms with Crippen LogP contribution in [0.2, 0.25) is 0 Å². The number of benzene rings is 11. The summed E-state index contributed by atoms with van der Waals surface area (Å²) in [5.41, 5.74) is 17.8. The number of furan rings is 1. The maximum atomic E-state index is 6.42. The van der Waals surface area contributed by atoms with Crippen LogP contribution in [0.4, 0.5) is 17.1 Å². The molecule has 0 N–H and O–H groups in total. The van der Waals surface area contributed by atoms with Crippen molar-refractivity contribution in [3.8, 4) is 50.2 Å². The van der Waals surface area contributed by atoms with Gasteiger partial charge in [0, 0.05) is 44.0 Å². The van der Waals surface area contributed by atoms with Crippen LogP contribution in [0.5, 0.6) is 0 Å². The van der Waals surface area contributed by atoms with Crippen LogP contribution >= 0.6 is 0 Å². The van der Waals surface area contributed by atoms with Gasteiger partial charge >= 0.3 is 0 Å². The molecule has 2 aromatic heterocycles. The van der Waals surface area contributed by atoms with Gasteiger partial charge in [-0.1, -0.05) is 188 Å². The minimum Gasteiger partial charge on any atom is -0.456 e. The minimum atomic E-state index is 0.878. The quantitative estimate of drug-likeness (QED) is 0.152. The fourth-order valence-electron chi connectivity index (χ4n) is 10.3. The van der Waals surface area contributed by atoms with E-state index in [0.717, 1.165) is 78.1 Å². The van der Waals surface area contributed by atoms with Gasteiger partial charge in [0.1, 0.15) is 11.2 Å². The molecule has 0 aliphatic rings. The average Bonchev–Trinajstić information content (AvgIpc) is 3.96. The summed E-state index contributed by atoms with van der Waals surface area (Å²) < 4.78 is 8.80. The highest BCUT2D eigenvalue weighted by atomic mass is 16.3. The van der Waals surface area contributed by atoms with Crippen LogP contribution in [-0.4, -0.2) is 4.57 Å². The van der Waals surface area contributed by atoms with Crippen LogP contribution in [0, 0.1) is 0 Å². The van der Waals surface area contributed by atoms with Gasteiger partial charge in [-0.2, -0.15) is 0 Å². The van der Waals surface area contributed by atoms with E-state index in [4.69, 9.17) is 4.42 Å². The Morgan fingerprint density at radius 2 is 0.836 bits per heavy atom. The standard InChI is InChI=1S/C64H42N2O/c1-2-16-47-41-49(36-35-43(47)15-1)52-19-3-8-25-58(52)65(61-28-11-6-22-55(61)56-24-14-30-63-64(56)57-23-7-12-29-62(57)67-63)50-39-37-45(38-40-50)44-31-33-46(34-32-44)48-17-13-18-51(42-48)66-59-26-9-4-20-53(59)54-21-5-10-27-60(54)66/h1-42H. The molecule has 13 rings (SSSR count). The van der Waals surface area contributed by atoms with Crippen LogP contribution < -0.4 is 4.90 Å². The molecule has 0 spiro atoms. The van der Waals surface area contributed by atoms with Crippen molar-refractivity contribution in [3.63, 3.8) is 0 Å². The molecule has 0 aliphatic carbocycles. The second-order valence-corrected chi connectivity index (χ2v) is 17.3. The van der Waals surface area contributed by atoms with Crippen molar-refractivity contribution in [3.05, 3.63) is 255 Å². The third kappa shape index (κ3) is 6.59. The lowest BCUT2D eigenvalue weighted by Gasteiger charge is -2.30. The molecule has 0 unspecified atom stereocenters. The number of rotatable bonds is 8. The maximum absolute atomic E-state index is 6.42. The van der Waals surface area contributed by atoms with Crippen LogP contribution in [0.3, 0.4) is 0 Å². The summed E-state index contributed by atoms with van der Waals surface area (Å²) in [6.45, 7) is 0. The van der Waals surface area contributed by atoms with E-state index in [9.17, 15) is 0 Å². The molecule has 0 fully saturated rings. The molecule has 314 valence electrons. The Labute approximate surface area is 388 Å². The first kappa shape index (κ1) is 38.5. The second-order valence-electron chi connectivity index (χ2n) is 17.3. The highest BCUT2D eigenvalue weighted by molar-refractivity contribution is 6.14. The van der Waals surface area contributed by atoms with E-state index in [1.54, 1.807) is 0 Å². The average molecular weight is 855 g/mol. The summed E-state index contributed by atoms with van der Waals surface area (Å²) in [7, 11) is 0. The molecule has 3 nitrogen and oxygen atoms in total. The Balaban J connectivity index is 0.904. The second kappa shape index (κ2) is 16.0. The molecule has 0 atom stereocenters. The summed E-state index contributed by atoms with van der Waals surface area (Å²) in [5, 5.41) is 7.19. The van der Waals surface area contributed by atoms with Crippen LogP contribution in [0.25, 0.3) is 105 Å². The van der Waals surface area contributed by atoms with E-state index >= 15 is 0 Å². The Hall–Kier alpha value is -8.92. The molecule has 0 amide bonds. The molecular weight excluding hydrogens is 813 g/mol. The predicted octanol–water partition coefficient (Wildman–Crippen LogP) is 18.0. The fourth-order valence-corrected chi connectivity index (χ4v) is 10.3. The molecule has 0 saturated carbocycles. The summed E-state index contributed by atoms with van der Waals surface area (Å²) >= 11 is 0. The molecule has 2 heterocycles. The topological polar surface area (TPSA) is 21.3 Å². The SMILES string of the molecule is c1cc(-c2ccc(-c3ccc(N(c4ccccc4-c4ccc5ccccc5c4)c4ccccc4-c4cccc5oc6ccccc6c45)cc3)cc2)cc(-n2c3ccccc3c3ccccc32)c1. The summed E-state index contributed by atoms with van der Waals surface area (Å²) in [6.07, 6.45) is 0. The van der Waals surface area contributed by atoms with Crippen LogP contribution in [0.1, 0.15) is 0 Å². The number of hydrogen-bond acceptors (Lipinski definition) is 2. The number of anilines is 3. The van der Waals surface area contributed by atoms with Gasteiger partial charge in [0.25, 0.3) is 0 Å². The van der Waals surface area contributed by atoms with Crippen molar-refractivity contribution in [1.82, 2.24) is 4.57 Å². The third-order valence-electron chi connectivity index (χ3n) is 13.4. The molecule has 11 aromatic carbocycles. The first-order valence-electron chi connectivity index (χ1n) is 22.9. The monoisotopic (exact) mass is 854 g/mol. The molecule has 67 heavy (non-hydrogen) atoms. The van der Waals surface area contributed by atoms with Gasteiger partial charge in [-0.15, -0.1) is 0 Å². The zero-order valence-electron chi connectivity index (χ0n) is 36.6. The summed E-state index contributed by atoms with van der Waals surface area (Å²) in [4.78, 5) is 2.43. The smallest absolute Gasteiger partial charge is 0.136 e. The van der Waals surface area contributed by atoms with Crippen molar-refractivity contribution < 1.29 is 4.42 Å². The van der Waals surface area contributed by atoms with Crippen molar-refractivity contribution in [2.24, 2.45) is 0 Å². The van der Waals surface area contributed by atoms with Crippen molar-refractivity contribution in [2.75, 3.05) is 4.90 Å². The first-order chi connectivity index (χ1) is 33.2. The molecule has 13 aromatic rings. The Bertz CT molecular complexity index is 3930. The van der Waals surface area contributed by atoms with Crippen molar-refractivity contribution in [2.45, 2.75) is 0 Å². The Kier molecular flexibility index (Phi) is 9.17. The normalized spacial score (nSPS) is 11.6. The molecule has 0 saturated heterocycles. The first-order valence-corrected chi connectivity index (χ1v) is 22.9. The predicted molar refractivity (Wildman–Crippen MR) is 282 cm³/mol. The highest BCUT2D eigenvalue weighted by Crippen LogP contribution is 2.47. The van der Waals surface area contributed by atoms with Gasteiger partial charge in [-0.05, 0) is 111 Å². The van der Waals surface area contributed by atoms with E-state index in [0.29, 0.717) is 0 Å². The molecular formula is C64H42N2O.